The third kappa shape index (κ3) is 0.989. The zero-order chi connectivity index (χ0) is 10.6. The van der Waals surface area contributed by atoms with E-state index in [4.69, 9.17) is 0 Å². The van der Waals surface area contributed by atoms with Gasteiger partial charge in [0.1, 0.15) is 0 Å². The predicted octanol–water partition coefficient (Wildman–Crippen LogP) is 1.39. The molecule has 0 bridgehead atoms. The number of aromatic nitrogens is 2. The fourth-order valence-electron chi connectivity index (χ4n) is 2.49. The SMILES string of the molecule is Cc1c(C2(CO)CC2(C)C)cnn1C. The molecule has 3 heteroatoms. The zero-order valence-corrected chi connectivity index (χ0v) is 9.33. The molecule has 1 aromatic heterocycles. The van der Waals surface area contributed by atoms with Crippen LogP contribution in [0.2, 0.25) is 0 Å². The van der Waals surface area contributed by atoms with Gasteiger partial charge in [0.05, 0.1) is 12.8 Å². The smallest absolute Gasteiger partial charge is 0.0534 e. The molecular weight excluding hydrogens is 176 g/mol. The van der Waals surface area contributed by atoms with Gasteiger partial charge in [-0.2, -0.15) is 5.10 Å². The maximum absolute atomic E-state index is 9.54. The monoisotopic (exact) mass is 194 g/mol. The van der Waals surface area contributed by atoms with E-state index in [1.807, 2.05) is 17.9 Å². The summed E-state index contributed by atoms with van der Waals surface area (Å²) in [6.45, 7) is 6.70. The summed E-state index contributed by atoms with van der Waals surface area (Å²) in [4.78, 5) is 0. The lowest BCUT2D eigenvalue weighted by molar-refractivity contribution is 0.231. The summed E-state index contributed by atoms with van der Waals surface area (Å²) in [6.07, 6.45) is 2.96. The van der Waals surface area contributed by atoms with E-state index in [0.717, 1.165) is 6.42 Å². The first-order valence-corrected chi connectivity index (χ1v) is 5.04. The van der Waals surface area contributed by atoms with Crippen molar-refractivity contribution in [3.8, 4) is 0 Å². The molecule has 78 valence electrons. The van der Waals surface area contributed by atoms with E-state index in [1.165, 1.54) is 11.3 Å². The molecule has 0 radical (unpaired) electrons. The highest BCUT2D eigenvalue weighted by atomic mass is 16.3. The molecule has 0 aromatic carbocycles. The van der Waals surface area contributed by atoms with Crippen LogP contribution in [0.4, 0.5) is 0 Å². The Morgan fingerprint density at radius 3 is 2.43 bits per heavy atom. The fourth-order valence-corrected chi connectivity index (χ4v) is 2.49. The summed E-state index contributed by atoms with van der Waals surface area (Å²) in [5.41, 5.74) is 2.57. The number of hydrogen-bond donors (Lipinski definition) is 1. The van der Waals surface area contributed by atoms with Crippen molar-refractivity contribution in [2.75, 3.05) is 6.61 Å². The van der Waals surface area contributed by atoms with Crippen molar-refractivity contribution in [1.82, 2.24) is 9.78 Å². The van der Waals surface area contributed by atoms with Crippen LogP contribution >= 0.6 is 0 Å². The van der Waals surface area contributed by atoms with Crippen molar-refractivity contribution >= 4 is 0 Å². The third-order valence-electron chi connectivity index (χ3n) is 3.93. The number of nitrogens with zero attached hydrogens (tertiary/aromatic N) is 2. The minimum Gasteiger partial charge on any atom is -0.395 e. The average Bonchev–Trinajstić information content (AvgIpc) is 2.53. The first-order chi connectivity index (χ1) is 6.44. The van der Waals surface area contributed by atoms with E-state index in [2.05, 4.69) is 25.9 Å². The minimum atomic E-state index is -0.0364. The molecule has 1 aliphatic rings. The van der Waals surface area contributed by atoms with E-state index in [0.29, 0.717) is 0 Å². The lowest BCUT2D eigenvalue weighted by atomic mass is 9.89. The summed E-state index contributed by atoms with van der Waals surface area (Å²) in [6, 6.07) is 0. The van der Waals surface area contributed by atoms with Crippen LogP contribution in [-0.4, -0.2) is 21.5 Å². The molecule has 1 unspecified atom stereocenters. The molecule has 0 saturated heterocycles. The topological polar surface area (TPSA) is 38.1 Å². The maximum atomic E-state index is 9.54. The summed E-state index contributed by atoms with van der Waals surface area (Å²) in [7, 11) is 1.94. The first kappa shape index (κ1) is 9.71. The summed E-state index contributed by atoms with van der Waals surface area (Å²) in [5.74, 6) is 0. The molecule has 1 atom stereocenters. The fraction of sp³-hybridized carbons (Fsp3) is 0.727. The number of aryl methyl sites for hydroxylation is 1. The molecule has 1 N–H and O–H groups in total. The predicted molar refractivity (Wildman–Crippen MR) is 55.1 cm³/mol. The van der Waals surface area contributed by atoms with Gasteiger partial charge in [-0.15, -0.1) is 0 Å². The van der Waals surface area contributed by atoms with Gasteiger partial charge in [0.25, 0.3) is 0 Å². The second kappa shape index (κ2) is 2.60. The largest absolute Gasteiger partial charge is 0.395 e. The van der Waals surface area contributed by atoms with Crippen molar-refractivity contribution in [2.24, 2.45) is 12.5 Å². The van der Waals surface area contributed by atoms with Crippen LogP contribution in [-0.2, 0) is 12.5 Å². The molecule has 1 aliphatic carbocycles. The Labute approximate surface area is 84.7 Å². The first-order valence-electron chi connectivity index (χ1n) is 5.04. The van der Waals surface area contributed by atoms with E-state index >= 15 is 0 Å². The van der Waals surface area contributed by atoms with E-state index in [9.17, 15) is 5.11 Å². The van der Waals surface area contributed by atoms with Crippen LogP contribution in [0.15, 0.2) is 6.20 Å². The summed E-state index contributed by atoms with van der Waals surface area (Å²) in [5, 5.41) is 13.8. The summed E-state index contributed by atoms with van der Waals surface area (Å²) < 4.78 is 1.88. The van der Waals surface area contributed by atoms with Gasteiger partial charge in [-0.1, -0.05) is 13.8 Å². The lowest BCUT2D eigenvalue weighted by Crippen LogP contribution is -2.20. The van der Waals surface area contributed by atoms with Gasteiger partial charge < -0.3 is 5.11 Å². The zero-order valence-electron chi connectivity index (χ0n) is 9.33. The molecule has 0 aliphatic heterocycles. The van der Waals surface area contributed by atoms with Crippen LogP contribution in [0.3, 0.4) is 0 Å². The Kier molecular flexibility index (Phi) is 1.80. The highest BCUT2D eigenvalue weighted by molar-refractivity contribution is 5.38. The van der Waals surface area contributed by atoms with Crippen LogP contribution < -0.4 is 0 Å². The van der Waals surface area contributed by atoms with Gasteiger partial charge in [-0.25, -0.2) is 0 Å². The Bertz CT molecular complexity index is 367. The molecule has 1 saturated carbocycles. The number of rotatable bonds is 2. The van der Waals surface area contributed by atoms with Crippen LogP contribution in [0.25, 0.3) is 0 Å². The Morgan fingerprint density at radius 1 is 1.57 bits per heavy atom. The van der Waals surface area contributed by atoms with Crippen molar-refractivity contribution in [3.05, 3.63) is 17.5 Å². The molecule has 1 heterocycles. The van der Waals surface area contributed by atoms with Crippen LogP contribution in [0.1, 0.15) is 31.5 Å². The molecule has 0 spiro atoms. The normalized spacial score (nSPS) is 29.2. The molecule has 14 heavy (non-hydrogen) atoms. The molecule has 1 fully saturated rings. The standard InChI is InChI=1S/C11H18N2O/c1-8-9(5-12-13(8)4)11(7-14)6-10(11,2)3/h5,14H,6-7H2,1-4H3. The Hall–Kier alpha value is -0.830. The second-order valence-corrected chi connectivity index (χ2v) is 5.07. The van der Waals surface area contributed by atoms with Crippen molar-refractivity contribution in [1.29, 1.82) is 0 Å². The molecule has 0 amide bonds. The van der Waals surface area contributed by atoms with E-state index in [-0.39, 0.29) is 17.4 Å². The molecule has 3 nitrogen and oxygen atoms in total. The highest BCUT2D eigenvalue weighted by Gasteiger charge is 2.62. The number of aliphatic hydroxyl groups is 1. The van der Waals surface area contributed by atoms with Gasteiger partial charge in [0.2, 0.25) is 0 Å². The lowest BCUT2D eigenvalue weighted by Gasteiger charge is -2.17. The van der Waals surface area contributed by atoms with Crippen molar-refractivity contribution < 1.29 is 5.11 Å². The Morgan fingerprint density at radius 2 is 2.14 bits per heavy atom. The van der Waals surface area contributed by atoms with Crippen LogP contribution in [0.5, 0.6) is 0 Å². The molecular formula is C11H18N2O. The van der Waals surface area contributed by atoms with Gasteiger partial charge >= 0.3 is 0 Å². The highest BCUT2D eigenvalue weighted by Crippen LogP contribution is 2.64. The van der Waals surface area contributed by atoms with Crippen molar-refractivity contribution in [3.63, 3.8) is 0 Å². The second-order valence-electron chi connectivity index (χ2n) is 5.07. The van der Waals surface area contributed by atoms with Crippen molar-refractivity contribution in [2.45, 2.75) is 32.6 Å². The van der Waals surface area contributed by atoms with Gasteiger partial charge in [0, 0.05) is 23.7 Å². The quantitative estimate of drug-likeness (QED) is 0.772. The maximum Gasteiger partial charge on any atom is 0.0534 e. The minimum absolute atomic E-state index is 0.0364. The number of hydrogen-bond acceptors (Lipinski definition) is 2. The van der Waals surface area contributed by atoms with Gasteiger partial charge in [-0.05, 0) is 18.8 Å². The molecule has 2 rings (SSSR count). The average molecular weight is 194 g/mol. The van der Waals surface area contributed by atoms with Gasteiger partial charge in [-0.3, -0.25) is 4.68 Å². The number of aliphatic hydroxyl groups excluding tert-OH is 1. The summed E-state index contributed by atoms with van der Waals surface area (Å²) >= 11 is 0. The molecule has 1 aromatic rings. The van der Waals surface area contributed by atoms with E-state index < -0.39 is 0 Å². The third-order valence-corrected chi connectivity index (χ3v) is 3.93. The van der Waals surface area contributed by atoms with E-state index in [1.54, 1.807) is 0 Å². The Balaban J connectivity index is 2.45. The van der Waals surface area contributed by atoms with Crippen LogP contribution in [0, 0.1) is 12.3 Å². The van der Waals surface area contributed by atoms with Gasteiger partial charge in [0.15, 0.2) is 0 Å².